The molecule has 0 radical (unpaired) electrons. The van der Waals surface area contributed by atoms with E-state index in [1.807, 2.05) is 18.2 Å². The van der Waals surface area contributed by atoms with Gasteiger partial charge in [0.1, 0.15) is 5.76 Å². The Morgan fingerprint density at radius 3 is 2.56 bits per heavy atom. The van der Waals surface area contributed by atoms with Gasteiger partial charge in [-0.1, -0.05) is 18.2 Å². The van der Waals surface area contributed by atoms with Crippen molar-refractivity contribution in [2.45, 2.75) is 26.3 Å². The summed E-state index contributed by atoms with van der Waals surface area (Å²) >= 11 is 0. The Morgan fingerprint density at radius 2 is 1.92 bits per heavy atom. The maximum Gasteiger partial charge on any atom is 0.191 e. The zero-order chi connectivity index (χ0) is 17.2. The highest BCUT2D eigenvalue weighted by molar-refractivity contribution is 14.0. The van der Waals surface area contributed by atoms with E-state index in [4.69, 9.17) is 9.41 Å². The molecule has 0 amide bonds. The number of para-hydroxylation sites is 1. The third-order valence-corrected chi connectivity index (χ3v) is 3.93. The fourth-order valence-corrected chi connectivity index (χ4v) is 2.36. The highest BCUT2D eigenvalue weighted by Gasteiger charge is 2.09. The average Bonchev–Trinajstić information content (AvgIpc) is 3.13. The molecule has 0 bridgehead atoms. The summed E-state index contributed by atoms with van der Waals surface area (Å²) in [5, 5.41) is 6.64. The predicted octanol–water partition coefficient (Wildman–Crippen LogP) is 3.52. The van der Waals surface area contributed by atoms with E-state index < -0.39 is 0 Å². The van der Waals surface area contributed by atoms with Crippen LogP contribution in [0.2, 0.25) is 0 Å². The van der Waals surface area contributed by atoms with Crippen LogP contribution in [0.3, 0.4) is 0 Å². The molecule has 25 heavy (non-hydrogen) atoms. The lowest BCUT2D eigenvalue weighted by Gasteiger charge is -2.26. The van der Waals surface area contributed by atoms with Crippen LogP contribution in [0.4, 0.5) is 5.69 Å². The number of furan rings is 1. The normalized spacial score (nSPS) is 12.2. The molecule has 0 spiro atoms. The van der Waals surface area contributed by atoms with Crippen LogP contribution in [0, 0.1) is 0 Å². The number of anilines is 1. The summed E-state index contributed by atoms with van der Waals surface area (Å²) in [6, 6.07) is 14.6. The summed E-state index contributed by atoms with van der Waals surface area (Å²) in [7, 11) is 2.10. The second-order valence-corrected chi connectivity index (χ2v) is 5.77. The Balaban J connectivity index is 0.00000312. The van der Waals surface area contributed by atoms with Gasteiger partial charge < -0.3 is 20.0 Å². The SMILES string of the molecule is CCNC(=NCC(C)N(C)c1ccccc1)NCCc1ccco1.I. The molecular formula is C19H29IN4O. The van der Waals surface area contributed by atoms with Crippen LogP contribution in [0.1, 0.15) is 19.6 Å². The first-order valence-corrected chi connectivity index (χ1v) is 8.53. The van der Waals surface area contributed by atoms with Crippen LogP contribution in [-0.2, 0) is 6.42 Å². The van der Waals surface area contributed by atoms with Crippen molar-refractivity contribution in [3.05, 3.63) is 54.5 Å². The molecule has 2 N–H and O–H groups in total. The summed E-state index contributed by atoms with van der Waals surface area (Å²) < 4.78 is 5.35. The Hall–Kier alpha value is -1.70. The third kappa shape index (κ3) is 7.37. The minimum atomic E-state index is 0. The van der Waals surface area contributed by atoms with Crippen molar-refractivity contribution in [1.82, 2.24) is 10.6 Å². The van der Waals surface area contributed by atoms with E-state index in [0.717, 1.165) is 37.8 Å². The molecule has 0 aliphatic rings. The Bertz CT molecular complexity index is 601. The number of hydrogen-bond donors (Lipinski definition) is 2. The van der Waals surface area contributed by atoms with Gasteiger partial charge in [0.2, 0.25) is 0 Å². The van der Waals surface area contributed by atoms with Crippen molar-refractivity contribution in [3.63, 3.8) is 0 Å². The lowest BCUT2D eigenvalue weighted by Crippen LogP contribution is -2.40. The van der Waals surface area contributed by atoms with Gasteiger partial charge in [0.15, 0.2) is 5.96 Å². The second-order valence-electron chi connectivity index (χ2n) is 5.77. The maximum atomic E-state index is 5.35. The molecule has 138 valence electrons. The van der Waals surface area contributed by atoms with E-state index in [0.29, 0.717) is 6.04 Å². The number of nitrogens with one attached hydrogen (secondary N) is 2. The fraction of sp³-hybridized carbons (Fsp3) is 0.421. The number of likely N-dealkylation sites (N-methyl/N-ethyl adjacent to an activating group) is 1. The Morgan fingerprint density at radius 1 is 1.16 bits per heavy atom. The van der Waals surface area contributed by atoms with Crippen LogP contribution in [-0.4, -0.2) is 38.7 Å². The summed E-state index contributed by atoms with van der Waals surface area (Å²) in [5.74, 6) is 1.83. The molecule has 2 rings (SSSR count). The first kappa shape index (κ1) is 21.3. The van der Waals surface area contributed by atoms with Crippen molar-refractivity contribution in [3.8, 4) is 0 Å². The van der Waals surface area contributed by atoms with E-state index in [1.165, 1.54) is 5.69 Å². The van der Waals surface area contributed by atoms with Gasteiger partial charge in [-0.25, -0.2) is 0 Å². The number of rotatable bonds is 8. The Labute approximate surface area is 167 Å². The van der Waals surface area contributed by atoms with Gasteiger partial charge >= 0.3 is 0 Å². The third-order valence-electron chi connectivity index (χ3n) is 3.93. The molecule has 1 aromatic heterocycles. The summed E-state index contributed by atoms with van der Waals surface area (Å²) in [5.41, 5.74) is 1.20. The van der Waals surface area contributed by atoms with Gasteiger partial charge in [-0.05, 0) is 38.1 Å². The van der Waals surface area contributed by atoms with E-state index in [1.54, 1.807) is 6.26 Å². The molecule has 5 nitrogen and oxygen atoms in total. The van der Waals surface area contributed by atoms with Crippen molar-refractivity contribution in [2.24, 2.45) is 4.99 Å². The number of hydrogen-bond acceptors (Lipinski definition) is 3. The second kappa shape index (κ2) is 11.8. The topological polar surface area (TPSA) is 52.8 Å². The highest BCUT2D eigenvalue weighted by atomic mass is 127. The maximum absolute atomic E-state index is 5.35. The van der Waals surface area contributed by atoms with Gasteiger partial charge in [0, 0.05) is 38.3 Å². The van der Waals surface area contributed by atoms with Gasteiger partial charge in [0.25, 0.3) is 0 Å². The molecule has 0 aliphatic heterocycles. The zero-order valence-corrected chi connectivity index (χ0v) is 17.6. The lowest BCUT2D eigenvalue weighted by atomic mass is 10.2. The number of guanidine groups is 1. The summed E-state index contributed by atoms with van der Waals surface area (Å²) in [4.78, 5) is 6.95. The van der Waals surface area contributed by atoms with Crippen LogP contribution in [0.15, 0.2) is 58.1 Å². The number of nitrogens with zero attached hydrogens (tertiary/aromatic N) is 2. The first-order valence-electron chi connectivity index (χ1n) is 8.53. The van der Waals surface area contributed by atoms with Crippen LogP contribution >= 0.6 is 24.0 Å². The molecule has 1 unspecified atom stereocenters. The monoisotopic (exact) mass is 456 g/mol. The molecule has 0 fully saturated rings. The summed E-state index contributed by atoms with van der Waals surface area (Å²) in [6.45, 7) is 6.62. The van der Waals surface area contributed by atoms with Crippen molar-refractivity contribution in [1.29, 1.82) is 0 Å². The van der Waals surface area contributed by atoms with Crippen LogP contribution in [0.5, 0.6) is 0 Å². The Kier molecular flexibility index (Phi) is 10.1. The van der Waals surface area contributed by atoms with Gasteiger partial charge in [0.05, 0.1) is 12.8 Å². The zero-order valence-electron chi connectivity index (χ0n) is 15.2. The standard InChI is InChI=1S/C19H28N4O.HI/c1-4-20-19(21-13-12-18-11-8-14-24-18)22-15-16(2)23(3)17-9-6-5-7-10-17;/h5-11,14,16H,4,12-13,15H2,1-3H3,(H2,20,21,22);1H. The highest BCUT2D eigenvalue weighted by Crippen LogP contribution is 2.14. The van der Waals surface area contributed by atoms with Crippen molar-refractivity contribution in [2.75, 3.05) is 31.6 Å². The molecule has 6 heteroatoms. The molecule has 2 aromatic rings. The molecule has 0 saturated carbocycles. The molecule has 1 atom stereocenters. The van der Waals surface area contributed by atoms with Crippen molar-refractivity contribution < 1.29 is 4.42 Å². The van der Waals surface area contributed by atoms with Crippen LogP contribution < -0.4 is 15.5 Å². The molecule has 0 aliphatic carbocycles. The van der Waals surface area contributed by atoms with E-state index in [-0.39, 0.29) is 24.0 Å². The van der Waals surface area contributed by atoms with E-state index in [2.05, 4.69) is 60.7 Å². The minimum absolute atomic E-state index is 0. The number of halogens is 1. The first-order chi connectivity index (χ1) is 11.7. The largest absolute Gasteiger partial charge is 0.469 e. The quantitative estimate of drug-likeness (QED) is 0.363. The van der Waals surface area contributed by atoms with E-state index in [9.17, 15) is 0 Å². The molecule has 1 aromatic carbocycles. The minimum Gasteiger partial charge on any atom is -0.469 e. The molecular weight excluding hydrogens is 427 g/mol. The average molecular weight is 456 g/mol. The molecule has 0 saturated heterocycles. The number of benzene rings is 1. The van der Waals surface area contributed by atoms with Gasteiger partial charge in [-0.3, -0.25) is 4.99 Å². The van der Waals surface area contributed by atoms with Crippen LogP contribution in [0.25, 0.3) is 0 Å². The predicted molar refractivity (Wildman–Crippen MR) is 116 cm³/mol. The van der Waals surface area contributed by atoms with E-state index >= 15 is 0 Å². The number of aliphatic imine (C=N–C) groups is 1. The van der Waals surface area contributed by atoms with Crippen molar-refractivity contribution >= 4 is 35.6 Å². The lowest BCUT2D eigenvalue weighted by molar-refractivity contribution is 0.506. The summed E-state index contributed by atoms with van der Waals surface area (Å²) in [6.07, 6.45) is 2.55. The van der Waals surface area contributed by atoms with Gasteiger partial charge in [-0.15, -0.1) is 24.0 Å². The smallest absolute Gasteiger partial charge is 0.191 e. The fourth-order valence-electron chi connectivity index (χ4n) is 2.36. The molecule has 1 heterocycles. The van der Waals surface area contributed by atoms with Gasteiger partial charge in [-0.2, -0.15) is 0 Å².